The highest BCUT2D eigenvalue weighted by molar-refractivity contribution is 5.35. The molecule has 2 heterocycles. The molecular formula is C16H23N3O3. The van der Waals surface area contributed by atoms with Gasteiger partial charge in [0.1, 0.15) is 6.20 Å². The van der Waals surface area contributed by atoms with E-state index < -0.39 is 4.92 Å². The van der Waals surface area contributed by atoms with E-state index in [0.29, 0.717) is 19.0 Å². The molecule has 0 spiro atoms. The zero-order valence-electron chi connectivity index (χ0n) is 12.8. The highest BCUT2D eigenvalue weighted by atomic mass is 16.6. The number of rotatable bonds is 5. The van der Waals surface area contributed by atoms with Crippen molar-refractivity contribution in [2.45, 2.75) is 51.2 Å². The second-order valence-corrected chi connectivity index (χ2v) is 6.58. The molecule has 22 heavy (non-hydrogen) atoms. The molecule has 2 aliphatic rings. The Hall–Kier alpha value is -1.53. The Labute approximate surface area is 130 Å². The van der Waals surface area contributed by atoms with E-state index in [4.69, 9.17) is 0 Å². The van der Waals surface area contributed by atoms with Gasteiger partial charge in [0.2, 0.25) is 0 Å². The van der Waals surface area contributed by atoms with Crippen molar-refractivity contribution in [1.82, 2.24) is 9.88 Å². The van der Waals surface area contributed by atoms with Crippen molar-refractivity contribution in [2.24, 2.45) is 5.92 Å². The predicted octanol–water partition coefficient (Wildman–Crippen LogP) is 2.29. The number of pyridine rings is 1. The van der Waals surface area contributed by atoms with Crippen molar-refractivity contribution < 1.29 is 10.0 Å². The molecule has 0 saturated heterocycles. The number of nitro groups is 1. The minimum Gasteiger partial charge on any atom is -0.392 e. The van der Waals surface area contributed by atoms with Gasteiger partial charge in [0.05, 0.1) is 11.0 Å². The fraction of sp³-hybridized carbons (Fsp3) is 0.688. The molecule has 1 aliphatic carbocycles. The van der Waals surface area contributed by atoms with Crippen molar-refractivity contribution >= 4 is 5.69 Å². The lowest BCUT2D eigenvalue weighted by molar-refractivity contribution is -0.385. The Kier molecular flexibility index (Phi) is 4.69. The molecule has 0 aromatic carbocycles. The molecule has 1 aromatic rings. The van der Waals surface area contributed by atoms with Gasteiger partial charge in [0.25, 0.3) is 5.69 Å². The van der Waals surface area contributed by atoms with Gasteiger partial charge in [0.15, 0.2) is 0 Å². The molecule has 1 saturated carbocycles. The summed E-state index contributed by atoms with van der Waals surface area (Å²) >= 11 is 0. The summed E-state index contributed by atoms with van der Waals surface area (Å²) in [4.78, 5) is 16.8. The minimum atomic E-state index is -0.402. The summed E-state index contributed by atoms with van der Waals surface area (Å²) in [6.07, 6.45) is 7.81. The number of nitrogens with zero attached hydrogens (tertiary/aromatic N) is 3. The summed E-state index contributed by atoms with van der Waals surface area (Å²) < 4.78 is 0. The predicted molar refractivity (Wildman–Crippen MR) is 82.5 cm³/mol. The summed E-state index contributed by atoms with van der Waals surface area (Å²) in [5, 5.41) is 21.1. The Morgan fingerprint density at radius 3 is 2.95 bits per heavy atom. The van der Waals surface area contributed by atoms with Gasteiger partial charge < -0.3 is 5.11 Å². The minimum absolute atomic E-state index is 0.0482. The fourth-order valence-corrected chi connectivity index (χ4v) is 3.73. The van der Waals surface area contributed by atoms with Crippen LogP contribution in [0.3, 0.4) is 0 Å². The first-order valence-electron chi connectivity index (χ1n) is 8.14. The second kappa shape index (κ2) is 6.71. The molecule has 120 valence electrons. The van der Waals surface area contributed by atoms with Gasteiger partial charge in [-0.1, -0.05) is 25.7 Å². The molecule has 6 heteroatoms. The largest absolute Gasteiger partial charge is 0.392 e. The molecule has 0 radical (unpaired) electrons. The SMILES string of the molecule is O=[N+]([O-])c1cnc2c(c1)CN(C[C@H](O)CC1CCCC1)CC2. The first-order valence-corrected chi connectivity index (χ1v) is 8.14. The number of hydrogen-bond acceptors (Lipinski definition) is 5. The number of aromatic nitrogens is 1. The third kappa shape index (κ3) is 3.62. The highest BCUT2D eigenvalue weighted by Crippen LogP contribution is 2.29. The van der Waals surface area contributed by atoms with Crippen molar-refractivity contribution in [2.75, 3.05) is 13.1 Å². The maximum atomic E-state index is 10.9. The van der Waals surface area contributed by atoms with Crippen LogP contribution in [0.15, 0.2) is 12.3 Å². The summed E-state index contributed by atoms with van der Waals surface area (Å²) in [5.41, 5.74) is 1.92. The first-order chi connectivity index (χ1) is 10.6. The summed E-state index contributed by atoms with van der Waals surface area (Å²) in [5.74, 6) is 0.676. The molecule has 6 nitrogen and oxygen atoms in total. The van der Waals surface area contributed by atoms with Crippen LogP contribution < -0.4 is 0 Å². The molecule has 3 rings (SSSR count). The van der Waals surface area contributed by atoms with Crippen LogP contribution in [0.2, 0.25) is 0 Å². The van der Waals surface area contributed by atoms with E-state index in [2.05, 4.69) is 9.88 Å². The molecule has 0 bridgehead atoms. The Balaban J connectivity index is 1.58. The quantitative estimate of drug-likeness (QED) is 0.667. The lowest BCUT2D eigenvalue weighted by atomic mass is 9.99. The van der Waals surface area contributed by atoms with E-state index in [1.165, 1.54) is 31.9 Å². The van der Waals surface area contributed by atoms with Crippen LogP contribution in [0.5, 0.6) is 0 Å². The zero-order valence-corrected chi connectivity index (χ0v) is 12.8. The highest BCUT2D eigenvalue weighted by Gasteiger charge is 2.24. The number of fused-ring (bicyclic) bond motifs is 1. The van der Waals surface area contributed by atoms with E-state index in [0.717, 1.165) is 30.6 Å². The third-order valence-corrected chi connectivity index (χ3v) is 4.86. The lowest BCUT2D eigenvalue weighted by Gasteiger charge is -2.30. The van der Waals surface area contributed by atoms with Gasteiger partial charge >= 0.3 is 0 Å². The third-order valence-electron chi connectivity index (χ3n) is 4.86. The maximum Gasteiger partial charge on any atom is 0.287 e. The van der Waals surface area contributed by atoms with Crippen molar-refractivity contribution in [3.05, 3.63) is 33.6 Å². The van der Waals surface area contributed by atoms with Crippen LogP contribution in [0.4, 0.5) is 5.69 Å². The smallest absolute Gasteiger partial charge is 0.287 e. The number of aliphatic hydroxyl groups is 1. The van der Waals surface area contributed by atoms with Gasteiger partial charge in [-0.25, -0.2) is 0 Å². The number of aliphatic hydroxyl groups excluding tert-OH is 1. The summed E-state index contributed by atoms with van der Waals surface area (Å²) in [6, 6.07) is 1.62. The van der Waals surface area contributed by atoms with E-state index in [1.807, 2.05) is 0 Å². The van der Waals surface area contributed by atoms with Crippen LogP contribution in [-0.4, -0.2) is 39.1 Å². The molecule has 0 amide bonds. The Bertz CT molecular complexity index is 543. The van der Waals surface area contributed by atoms with Gasteiger partial charge in [-0.05, 0) is 17.9 Å². The summed E-state index contributed by atoms with van der Waals surface area (Å²) in [7, 11) is 0. The zero-order chi connectivity index (χ0) is 15.5. The average Bonchev–Trinajstić information content (AvgIpc) is 2.99. The van der Waals surface area contributed by atoms with Crippen LogP contribution in [-0.2, 0) is 13.0 Å². The van der Waals surface area contributed by atoms with Crippen LogP contribution >= 0.6 is 0 Å². The number of β-amino-alcohol motifs (C(OH)–C–C–N with tert-alkyl or cyclic N) is 1. The van der Waals surface area contributed by atoms with Crippen LogP contribution in [0.25, 0.3) is 0 Å². The van der Waals surface area contributed by atoms with Crippen LogP contribution in [0.1, 0.15) is 43.4 Å². The molecule has 1 aromatic heterocycles. The van der Waals surface area contributed by atoms with Gasteiger partial charge in [-0.3, -0.25) is 20.0 Å². The summed E-state index contributed by atoms with van der Waals surface area (Å²) in [6.45, 7) is 2.16. The van der Waals surface area contributed by atoms with Crippen molar-refractivity contribution in [1.29, 1.82) is 0 Å². The molecular weight excluding hydrogens is 282 g/mol. The molecule has 1 N–H and O–H groups in total. The van der Waals surface area contributed by atoms with Crippen molar-refractivity contribution in [3.8, 4) is 0 Å². The topological polar surface area (TPSA) is 79.5 Å². The average molecular weight is 305 g/mol. The van der Waals surface area contributed by atoms with Crippen LogP contribution in [0, 0.1) is 16.0 Å². The van der Waals surface area contributed by atoms with Gasteiger partial charge in [-0.15, -0.1) is 0 Å². The van der Waals surface area contributed by atoms with E-state index in [-0.39, 0.29) is 11.8 Å². The molecule has 1 aliphatic heterocycles. The van der Waals surface area contributed by atoms with Crippen molar-refractivity contribution in [3.63, 3.8) is 0 Å². The Morgan fingerprint density at radius 2 is 2.23 bits per heavy atom. The molecule has 1 fully saturated rings. The Morgan fingerprint density at radius 1 is 1.45 bits per heavy atom. The normalized spacial score (nSPS) is 20.8. The standard InChI is InChI=1S/C16H23N3O3/c20-15(7-12-3-1-2-4-12)11-18-6-5-16-13(10-18)8-14(9-17-16)19(21)22/h8-9,12,15,20H,1-7,10-11H2/t15-/m1/s1. The maximum absolute atomic E-state index is 10.9. The molecule has 1 atom stereocenters. The second-order valence-electron chi connectivity index (χ2n) is 6.58. The lowest BCUT2D eigenvalue weighted by Crippen LogP contribution is -2.37. The van der Waals surface area contributed by atoms with Gasteiger partial charge in [0, 0.05) is 37.8 Å². The first kappa shape index (κ1) is 15.4. The monoisotopic (exact) mass is 305 g/mol. The van der Waals surface area contributed by atoms with E-state index >= 15 is 0 Å². The fourth-order valence-electron chi connectivity index (χ4n) is 3.73. The molecule has 0 unspecified atom stereocenters. The number of hydrogen-bond donors (Lipinski definition) is 1. The van der Waals surface area contributed by atoms with E-state index in [1.54, 1.807) is 6.07 Å². The van der Waals surface area contributed by atoms with Gasteiger partial charge in [-0.2, -0.15) is 0 Å². The van der Waals surface area contributed by atoms with E-state index in [9.17, 15) is 15.2 Å².